The molecule has 36 heavy (non-hydrogen) atoms. The number of nitrogens with zero attached hydrogens (tertiary/aromatic N) is 1. The molecule has 1 aromatic carbocycles. The lowest BCUT2D eigenvalue weighted by atomic mass is 9.80. The van der Waals surface area contributed by atoms with E-state index in [1.807, 2.05) is 18.2 Å². The smallest absolute Gasteiger partial charge is 0.185 e. The van der Waals surface area contributed by atoms with Crippen LogP contribution in [0.25, 0.3) is 0 Å². The van der Waals surface area contributed by atoms with E-state index in [4.69, 9.17) is 20.9 Å². The highest BCUT2D eigenvalue weighted by Crippen LogP contribution is 2.38. The molecule has 0 saturated heterocycles. The summed E-state index contributed by atoms with van der Waals surface area (Å²) >= 11 is 0. The van der Waals surface area contributed by atoms with Crippen molar-refractivity contribution >= 4 is 11.7 Å². The third-order valence-electron chi connectivity index (χ3n) is 7.13. The summed E-state index contributed by atoms with van der Waals surface area (Å²) in [4.78, 5) is 16.5. The molecule has 3 rings (SSSR count). The van der Waals surface area contributed by atoms with Crippen molar-refractivity contribution in [3.63, 3.8) is 0 Å². The zero-order valence-electron chi connectivity index (χ0n) is 21.8. The van der Waals surface area contributed by atoms with Gasteiger partial charge in [0.25, 0.3) is 0 Å². The van der Waals surface area contributed by atoms with E-state index in [9.17, 15) is 9.90 Å². The van der Waals surface area contributed by atoms with Crippen molar-refractivity contribution in [1.29, 1.82) is 0 Å². The zero-order chi connectivity index (χ0) is 25.9. The third-order valence-corrected chi connectivity index (χ3v) is 7.13. The van der Waals surface area contributed by atoms with Gasteiger partial charge in [0.05, 0.1) is 12.2 Å². The molecule has 0 unspecified atom stereocenters. The molecule has 0 amide bonds. The van der Waals surface area contributed by atoms with Gasteiger partial charge >= 0.3 is 0 Å². The molecule has 0 aromatic heterocycles. The fourth-order valence-corrected chi connectivity index (χ4v) is 5.17. The largest absolute Gasteiger partial charge is 0.504 e. The maximum Gasteiger partial charge on any atom is 0.185 e. The fraction of sp³-hybridized carbons (Fsp3) is 0.586. The summed E-state index contributed by atoms with van der Waals surface area (Å²) in [6, 6.07) is 3.94. The zero-order valence-corrected chi connectivity index (χ0v) is 21.8. The number of nitrogens with two attached hydrogens (primary N) is 2. The number of methoxy groups -OCH3 is 1. The molecule has 0 radical (unpaired) electrons. The van der Waals surface area contributed by atoms with Gasteiger partial charge in [0.2, 0.25) is 0 Å². The van der Waals surface area contributed by atoms with Gasteiger partial charge in [0, 0.05) is 20.1 Å². The standard InChI is InChI=1S/C29H43N3O4/c1-3-4-5-8-24(33)13-11-20-15-23(28(34)27(17-20)36-25-9-6-7-10-25)18-22-16-21(19-32-29(30)31)12-14-26(22)35-2/h5,8,12,14-15,17,21-22,25-26,34H,3-4,6-7,9-11,13,16,18-19H2,1-2H3,(H4,30,31,32)/t21-,22+,26+/m1/s1. The molecule has 7 heteroatoms. The number of aromatic hydroxyl groups is 1. The number of allylic oxidation sites excluding steroid dienone is 2. The Balaban J connectivity index is 1.80. The lowest BCUT2D eigenvalue weighted by Crippen LogP contribution is -2.30. The van der Waals surface area contributed by atoms with Crippen LogP contribution >= 0.6 is 0 Å². The highest BCUT2D eigenvalue weighted by Gasteiger charge is 2.29. The molecule has 2 aliphatic carbocycles. The molecule has 5 N–H and O–H groups in total. The van der Waals surface area contributed by atoms with Gasteiger partial charge in [-0.1, -0.05) is 37.6 Å². The number of carbonyl (C=O) groups is 1. The van der Waals surface area contributed by atoms with Gasteiger partial charge in [-0.15, -0.1) is 0 Å². The minimum Gasteiger partial charge on any atom is -0.504 e. The van der Waals surface area contributed by atoms with Crippen molar-refractivity contribution in [2.24, 2.45) is 28.3 Å². The summed E-state index contributed by atoms with van der Waals surface area (Å²) in [5, 5.41) is 11.2. The number of hydrogen-bond donors (Lipinski definition) is 3. The van der Waals surface area contributed by atoms with E-state index >= 15 is 0 Å². The Hall–Kier alpha value is -2.80. The first kappa shape index (κ1) is 27.8. The summed E-state index contributed by atoms with van der Waals surface area (Å²) in [6.45, 7) is 2.62. The molecule has 0 bridgehead atoms. The predicted molar refractivity (Wildman–Crippen MR) is 144 cm³/mol. The van der Waals surface area contributed by atoms with Crippen LogP contribution in [0.3, 0.4) is 0 Å². The lowest BCUT2D eigenvalue weighted by Gasteiger charge is -2.31. The number of guanidine groups is 1. The summed E-state index contributed by atoms with van der Waals surface area (Å²) in [7, 11) is 1.71. The summed E-state index contributed by atoms with van der Waals surface area (Å²) < 4.78 is 12.0. The molecule has 2 aliphatic rings. The molecule has 1 aromatic rings. The van der Waals surface area contributed by atoms with Crippen LogP contribution in [0.15, 0.2) is 41.4 Å². The van der Waals surface area contributed by atoms with E-state index in [0.717, 1.165) is 56.1 Å². The highest BCUT2D eigenvalue weighted by molar-refractivity contribution is 5.89. The Kier molecular flexibility index (Phi) is 10.9. The Morgan fingerprint density at radius 3 is 2.69 bits per heavy atom. The second-order valence-electron chi connectivity index (χ2n) is 10.1. The number of carbonyl (C=O) groups excluding carboxylic acids is 1. The highest BCUT2D eigenvalue weighted by atomic mass is 16.5. The summed E-state index contributed by atoms with van der Waals surface area (Å²) in [5.41, 5.74) is 12.9. The predicted octanol–water partition coefficient (Wildman–Crippen LogP) is 4.59. The number of aryl methyl sites for hydroxylation is 1. The van der Waals surface area contributed by atoms with E-state index in [-0.39, 0.29) is 41.5 Å². The van der Waals surface area contributed by atoms with E-state index in [0.29, 0.717) is 31.6 Å². The molecule has 7 nitrogen and oxygen atoms in total. The minimum atomic E-state index is -0.0620. The van der Waals surface area contributed by atoms with Crippen molar-refractivity contribution in [1.82, 2.24) is 0 Å². The van der Waals surface area contributed by atoms with Gasteiger partial charge in [0.1, 0.15) is 0 Å². The number of ether oxygens (including phenoxy) is 2. The van der Waals surface area contributed by atoms with Crippen molar-refractivity contribution in [2.45, 2.75) is 83.3 Å². The SMILES string of the molecule is CCCC=CC(=O)CCc1cc(C[C@@H]2C[C@H](CN=C(N)N)C=C[C@@H]2OC)c(O)c(OC2CCCC2)c1. The maximum atomic E-state index is 12.3. The maximum absolute atomic E-state index is 12.3. The van der Waals surface area contributed by atoms with Gasteiger partial charge in [-0.25, -0.2) is 0 Å². The summed E-state index contributed by atoms with van der Waals surface area (Å²) in [6.07, 6.45) is 16.6. The van der Waals surface area contributed by atoms with Crippen molar-refractivity contribution in [3.8, 4) is 11.5 Å². The quantitative estimate of drug-likeness (QED) is 0.159. The number of ketones is 1. The number of benzene rings is 1. The Labute approximate surface area is 215 Å². The Morgan fingerprint density at radius 2 is 2.00 bits per heavy atom. The monoisotopic (exact) mass is 497 g/mol. The van der Waals surface area contributed by atoms with E-state index < -0.39 is 0 Å². The first-order valence-electron chi connectivity index (χ1n) is 13.4. The number of aliphatic imine (C=N–C) groups is 1. The van der Waals surface area contributed by atoms with Crippen molar-refractivity contribution in [2.75, 3.05) is 13.7 Å². The van der Waals surface area contributed by atoms with Gasteiger partial charge < -0.3 is 26.0 Å². The molecular weight excluding hydrogens is 454 g/mol. The molecule has 3 atom stereocenters. The second-order valence-corrected chi connectivity index (χ2v) is 10.1. The van der Waals surface area contributed by atoms with Crippen LogP contribution in [0.1, 0.15) is 69.4 Å². The number of rotatable bonds is 13. The van der Waals surface area contributed by atoms with Gasteiger partial charge in [-0.05, 0) is 86.5 Å². The Morgan fingerprint density at radius 1 is 1.22 bits per heavy atom. The van der Waals surface area contributed by atoms with Crippen LogP contribution in [0.5, 0.6) is 11.5 Å². The normalized spacial score (nSPS) is 22.2. The van der Waals surface area contributed by atoms with Crippen LogP contribution in [-0.2, 0) is 22.4 Å². The lowest BCUT2D eigenvalue weighted by molar-refractivity contribution is -0.114. The molecule has 0 spiro atoms. The number of phenolic OH excluding ortho intramolecular Hbond substituents is 1. The first-order chi connectivity index (χ1) is 17.4. The van der Waals surface area contributed by atoms with Crippen LogP contribution in [-0.4, -0.2) is 42.7 Å². The molecule has 0 heterocycles. The van der Waals surface area contributed by atoms with Gasteiger partial charge in [-0.2, -0.15) is 0 Å². The van der Waals surface area contributed by atoms with E-state index in [1.165, 1.54) is 0 Å². The van der Waals surface area contributed by atoms with Gasteiger partial charge in [-0.3, -0.25) is 9.79 Å². The van der Waals surface area contributed by atoms with Gasteiger partial charge in [0.15, 0.2) is 23.2 Å². The Bertz CT molecular complexity index is 946. The third kappa shape index (κ3) is 8.40. The average Bonchev–Trinajstić information content (AvgIpc) is 3.37. The average molecular weight is 498 g/mol. The van der Waals surface area contributed by atoms with E-state index in [1.54, 1.807) is 13.2 Å². The van der Waals surface area contributed by atoms with Crippen molar-refractivity contribution < 1.29 is 19.4 Å². The molecule has 1 saturated carbocycles. The topological polar surface area (TPSA) is 120 Å². The van der Waals surface area contributed by atoms with Crippen LogP contribution in [0.2, 0.25) is 0 Å². The first-order valence-corrected chi connectivity index (χ1v) is 13.4. The van der Waals surface area contributed by atoms with Crippen molar-refractivity contribution in [3.05, 3.63) is 47.6 Å². The molecule has 0 aliphatic heterocycles. The van der Waals surface area contributed by atoms with Crippen LogP contribution < -0.4 is 16.2 Å². The molecule has 1 fully saturated rings. The number of phenols is 1. The number of hydrogen-bond acceptors (Lipinski definition) is 5. The van der Waals surface area contributed by atoms with Crippen LogP contribution in [0.4, 0.5) is 0 Å². The summed E-state index contributed by atoms with van der Waals surface area (Å²) in [5.74, 6) is 1.29. The molecule has 198 valence electrons. The second kappa shape index (κ2) is 14.1. The fourth-order valence-electron chi connectivity index (χ4n) is 5.17. The van der Waals surface area contributed by atoms with E-state index in [2.05, 4.69) is 24.1 Å². The molecular formula is C29H43N3O4. The number of unbranched alkanes of at least 4 members (excludes halogenated alkanes) is 1. The van der Waals surface area contributed by atoms with Crippen LogP contribution in [0, 0.1) is 11.8 Å². The minimum absolute atomic E-state index is 0.0620.